The molecule has 2 aliphatic heterocycles. The minimum absolute atomic E-state index is 0.0331. The van der Waals surface area contributed by atoms with Crippen LogP contribution in [0.5, 0.6) is 0 Å². The van der Waals surface area contributed by atoms with Gasteiger partial charge in [0.15, 0.2) is 0 Å². The van der Waals surface area contributed by atoms with Crippen LogP contribution in [0, 0.1) is 5.92 Å². The van der Waals surface area contributed by atoms with E-state index in [0.29, 0.717) is 11.8 Å². The first-order valence-electron chi connectivity index (χ1n) is 8.50. The maximum atomic E-state index is 12.5. The fraction of sp³-hybridized carbons (Fsp3) is 0.938. The third-order valence-electron chi connectivity index (χ3n) is 4.47. The van der Waals surface area contributed by atoms with Gasteiger partial charge in [-0.15, -0.1) is 0 Å². The highest BCUT2D eigenvalue weighted by atomic mass is 16.5. The highest BCUT2D eigenvalue weighted by molar-refractivity contribution is 5.84. The summed E-state index contributed by atoms with van der Waals surface area (Å²) in [5.74, 6) is 0.761. The Balaban J connectivity index is 1.82. The van der Waals surface area contributed by atoms with Crippen LogP contribution in [0.1, 0.15) is 40.0 Å². The predicted molar refractivity (Wildman–Crippen MR) is 84.0 cm³/mol. The Kier molecular flexibility index (Phi) is 6.45. The molecule has 2 atom stereocenters. The van der Waals surface area contributed by atoms with Crippen LogP contribution >= 0.6 is 0 Å². The maximum Gasteiger partial charge on any atom is 0.241 e. The number of hydrogen-bond donors (Lipinski definition) is 1. The van der Waals surface area contributed by atoms with Crippen molar-refractivity contribution in [2.24, 2.45) is 5.92 Å². The van der Waals surface area contributed by atoms with Crippen LogP contribution in [0.3, 0.4) is 0 Å². The minimum Gasteiger partial charge on any atom is -0.379 e. The molecule has 5 heteroatoms. The van der Waals surface area contributed by atoms with E-state index >= 15 is 0 Å². The van der Waals surface area contributed by atoms with Gasteiger partial charge in [0.1, 0.15) is 0 Å². The smallest absolute Gasteiger partial charge is 0.241 e. The van der Waals surface area contributed by atoms with Gasteiger partial charge in [-0.25, -0.2) is 0 Å². The molecule has 2 rings (SSSR count). The van der Waals surface area contributed by atoms with E-state index in [1.807, 2.05) is 0 Å². The third-order valence-corrected chi connectivity index (χ3v) is 4.47. The number of ether oxygens (including phenoxy) is 1. The van der Waals surface area contributed by atoms with Crippen molar-refractivity contribution in [2.75, 3.05) is 39.4 Å². The van der Waals surface area contributed by atoms with Crippen LogP contribution < -0.4 is 5.32 Å². The van der Waals surface area contributed by atoms with Gasteiger partial charge < -0.3 is 9.64 Å². The Morgan fingerprint density at radius 2 is 2.00 bits per heavy atom. The van der Waals surface area contributed by atoms with Gasteiger partial charge in [-0.05, 0) is 18.8 Å². The zero-order chi connectivity index (χ0) is 15.2. The van der Waals surface area contributed by atoms with Gasteiger partial charge in [-0.2, -0.15) is 0 Å². The van der Waals surface area contributed by atoms with E-state index in [2.05, 4.69) is 35.9 Å². The van der Waals surface area contributed by atoms with Crippen LogP contribution in [0.15, 0.2) is 0 Å². The van der Waals surface area contributed by atoms with Crippen molar-refractivity contribution in [1.29, 1.82) is 0 Å². The molecule has 0 saturated carbocycles. The standard InChI is InChI=1S/C16H31N3O2/c1-4-6-14-16(20)19(15(17-14)13(2)3)8-5-7-18-9-11-21-12-10-18/h13-15,17H,4-12H2,1-3H3. The van der Waals surface area contributed by atoms with E-state index < -0.39 is 0 Å². The van der Waals surface area contributed by atoms with Crippen LogP contribution in [-0.4, -0.2) is 67.3 Å². The molecule has 0 aliphatic carbocycles. The molecule has 2 aliphatic rings. The Bertz CT molecular complexity index is 329. The first kappa shape index (κ1) is 16.7. The Labute approximate surface area is 129 Å². The summed E-state index contributed by atoms with van der Waals surface area (Å²) in [6, 6.07) is 0.0331. The molecule has 2 heterocycles. The summed E-state index contributed by atoms with van der Waals surface area (Å²) in [6.07, 6.45) is 3.26. The van der Waals surface area contributed by atoms with Crippen molar-refractivity contribution in [2.45, 2.75) is 52.2 Å². The average Bonchev–Trinajstić information content (AvgIpc) is 2.78. The summed E-state index contributed by atoms with van der Waals surface area (Å²) >= 11 is 0. The van der Waals surface area contributed by atoms with E-state index in [-0.39, 0.29) is 12.2 Å². The summed E-state index contributed by atoms with van der Waals surface area (Å²) in [6.45, 7) is 12.2. The molecular formula is C16H31N3O2. The number of nitrogens with one attached hydrogen (secondary N) is 1. The summed E-state index contributed by atoms with van der Waals surface area (Å²) in [5.41, 5.74) is 0. The largest absolute Gasteiger partial charge is 0.379 e. The number of carbonyl (C=O) groups is 1. The van der Waals surface area contributed by atoms with Gasteiger partial charge in [0, 0.05) is 26.2 Å². The second-order valence-corrected chi connectivity index (χ2v) is 6.54. The molecule has 2 fully saturated rings. The number of rotatable bonds is 7. The van der Waals surface area contributed by atoms with Crippen molar-refractivity contribution in [3.63, 3.8) is 0 Å². The van der Waals surface area contributed by atoms with Gasteiger partial charge in [-0.1, -0.05) is 27.2 Å². The van der Waals surface area contributed by atoms with Crippen molar-refractivity contribution >= 4 is 5.91 Å². The monoisotopic (exact) mass is 297 g/mol. The zero-order valence-corrected chi connectivity index (χ0v) is 13.8. The predicted octanol–water partition coefficient (Wildman–Crippen LogP) is 1.29. The van der Waals surface area contributed by atoms with Crippen LogP contribution in [0.25, 0.3) is 0 Å². The first-order valence-corrected chi connectivity index (χ1v) is 8.50. The van der Waals surface area contributed by atoms with Gasteiger partial charge in [-0.3, -0.25) is 15.0 Å². The van der Waals surface area contributed by atoms with E-state index in [9.17, 15) is 4.79 Å². The fourth-order valence-electron chi connectivity index (χ4n) is 3.29. The summed E-state index contributed by atoms with van der Waals surface area (Å²) in [5, 5.41) is 3.52. The zero-order valence-electron chi connectivity index (χ0n) is 13.8. The van der Waals surface area contributed by atoms with Crippen molar-refractivity contribution < 1.29 is 9.53 Å². The quantitative estimate of drug-likeness (QED) is 0.769. The third kappa shape index (κ3) is 4.41. The molecule has 1 N–H and O–H groups in total. The normalized spacial score (nSPS) is 27.8. The summed E-state index contributed by atoms with van der Waals surface area (Å²) < 4.78 is 5.37. The molecule has 0 aromatic carbocycles. The molecule has 2 saturated heterocycles. The molecular weight excluding hydrogens is 266 g/mol. The molecule has 0 spiro atoms. The van der Waals surface area contributed by atoms with Crippen molar-refractivity contribution in [3.05, 3.63) is 0 Å². The van der Waals surface area contributed by atoms with Crippen molar-refractivity contribution in [1.82, 2.24) is 15.1 Å². The Morgan fingerprint density at radius 1 is 1.29 bits per heavy atom. The van der Waals surface area contributed by atoms with E-state index in [4.69, 9.17) is 4.74 Å². The minimum atomic E-state index is 0.0331. The highest BCUT2D eigenvalue weighted by Gasteiger charge is 2.39. The first-order chi connectivity index (χ1) is 10.1. The average molecular weight is 297 g/mol. The molecule has 122 valence electrons. The van der Waals surface area contributed by atoms with Gasteiger partial charge in [0.2, 0.25) is 5.91 Å². The molecule has 2 unspecified atom stereocenters. The van der Waals surface area contributed by atoms with E-state index in [0.717, 1.165) is 58.7 Å². The van der Waals surface area contributed by atoms with Crippen LogP contribution in [0.2, 0.25) is 0 Å². The summed E-state index contributed by atoms with van der Waals surface area (Å²) in [7, 11) is 0. The second kappa shape index (κ2) is 8.11. The molecule has 1 amide bonds. The van der Waals surface area contributed by atoms with Crippen molar-refractivity contribution in [3.8, 4) is 0 Å². The number of morpholine rings is 1. The molecule has 0 radical (unpaired) electrons. The number of nitrogens with zero attached hydrogens (tertiary/aromatic N) is 2. The number of carbonyl (C=O) groups excluding carboxylic acids is 1. The Hall–Kier alpha value is -0.650. The van der Waals surface area contributed by atoms with Crippen LogP contribution in [0.4, 0.5) is 0 Å². The molecule has 0 aromatic rings. The second-order valence-electron chi connectivity index (χ2n) is 6.54. The van der Waals surface area contributed by atoms with E-state index in [1.165, 1.54) is 0 Å². The number of amides is 1. The lowest BCUT2D eigenvalue weighted by atomic mass is 10.1. The summed E-state index contributed by atoms with van der Waals surface area (Å²) in [4.78, 5) is 17.0. The number of hydrogen-bond acceptors (Lipinski definition) is 4. The maximum absolute atomic E-state index is 12.5. The van der Waals surface area contributed by atoms with E-state index in [1.54, 1.807) is 0 Å². The molecule has 21 heavy (non-hydrogen) atoms. The Morgan fingerprint density at radius 3 is 2.62 bits per heavy atom. The highest BCUT2D eigenvalue weighted by Crippen LogP contribution is 2.20. The van der Waals surface area contributed by atoms with Gasteiger partial charge in [0.25, 0.3) is 0 Å². The lowest BCUT2D eigenvalue weighted by Gasteiger charge is -2.30. The molecule has 0 aromatic heterocycles. The van der Waals surface area contributed by atoms with Crippen LogP contribution in [-0.2, 0) is 9.53 Å². The lowest BCUT2D eigenvalue weighted by Crippen LogP contribution is -2.43. The van der Waals surface area contributed by atoms with Gasteiger partial charge >= 0.3 is 0 Å². The fourth-order valence-corrected chi connectivity index (χ4v) is 3.29. The molecule has 0 bridgehead atoms. The van der Waals surface area contributed by atoms with Gasteiger partial charge in [0.05, 0.1) is 25.4 Å². The lowest BCUT2D eigenvalue weighted by molar-refractivity contribution is -0.130. The SMILES string of the molecule is CCCC1NC(C(C)C)N(CCCN2CCOCC2)C1=O. The molecule has 5 nitrogen and oxygen atoms in total. The topological polar surface area (TPSA) is 44.8 Å².